The van der Waals surface area contributed by atoms with Crippen LogP contribution in [0.3, 0.4) is 0 Å². The zero-order valence-corrected chi connectivity index (χ0v) is 13.6. The van der Waals surface area contributed by atoms with Crippen LogP contribution in [0.2, 0.25) is 0 Å². The number of carbonyl (C=O) groups excluding carboxylic acids is 1. The minimum Gasteiger partial charge on any atom is -0.481 e. The van der Waals surface area contributed by atoms with Gasteiger partial charge in [0.1, 0.15) is 5.69 Å². The van der Waals surface area contributed by atoms with Crippen LogP contribution in [0, 0.1) is 0 Å². The van der Waals surface area contributed by atoms with E-state index in [1.807, 2.05) is 0 Å². The number of aliphatic imine (C=N–C) groups is 1. The number of pyridine rings is 2. The second-order valence-electron chi connectivity index (χ2n) is 4.43. The fraction of sp³-hybridized carbons (Fsp3) is 0.188. The molecule has 0 radical (unpaired) electrons. The predicted molar refractivity (Wildman–Crippen MR) is 91.0 cm³/mol. The summed E-state index contributed by atoms with van der Waals surface area (Å²) in [5.41, 5.74) is 5.58. The highest BCUT2D eigenvalue weighted by atomic mass is 16.4. The highest BCUT2D eigenvalue weighted by Crippen LogP contribution is 2.07. The van der Waals surface area contributed by atoms with Crippen LogP contribution >= 0.6 is 0 Å². The molecule has 0 saturated heterocycles. The number of carbonyl (C=O) groups is 2. The van der Waals surface area contributed by atoms with Crippen molar-refractivity contribution in [2.45, 2.75) is 12.8 Å². The van der Waals surface area contributed by atoms with Crippen molar-refractivity contribution in [2.24, 2.45) is 4.99 Å². The molecule has 0 fully saturated rings. The van der Waals surface area contributed by atoms with Crippen LogP contribution in [0.1, 0.15) is 18.5 Å². The second-order valence-corrected chi connectivity index (χ2v) is 4.43. The summed E-state index contributed by atoms with van der Waals surface area (Å²) in [6.45, 7) is 0. The minimum absolute atomic E-state index is 0.137. The number of carboxylic acids is 1. The highest BCUT2D eigenvalue weighted by Gasteiger charge is 2.09. The lowest BCUT2D eigenvalue weighted by molar-refractivity contribution is -0.138. The molecule has 0 saturated carbocycles. The van der Waals surface area contributed by atoms with Crippen LogP contribution < -0.4 is 10.9 Å². The Labute approximate surface area is 144 Å². The van der Waals surface area contributed by atoms with E-state index in [0.29, 0.717) is 17.3 Å². The number of nitrogens with one attached hydrogen (secondary N) is 2. The zero-order valence-electron chi connectivity index (χ0n) is 13.6. The van der Waals surface area contributed by atoms with Gasteiger partial charge in [0.2, 0.25) is 5.91 Å². The van der Waals surface area contributed by atoms with Crippen LogP contribution in [-0.4, -0.2) is 45.0 Å². The number of aliphatic hydroxyl groups is 1. The van der Waals surface area contributed by atoms with Crippen molar-refractivity contribution < 1.29 is 19.8 Å². The molecule has 0 unspecified atom stereocenters. The first kappa shape index (κ1) is 19.7. The van der Waals surface area contributed by atoms with E-state index in [1.54, 1.807) is 48.8 Å². The number of aliphatic carboxylic acids is 1. The lowest BCUT2D eigenvalue weighted by Crippen LogP contribution is -2.42. The first-order valence-electron chi connectivity index (χ1n) is 7.27. The number of hydrazine groups is 1. The van der Waals surface area contributed by atoms with Crippen molar-refractivity contribution in [3.05, 3.63) is 54.5 Å². The number of rotatable bonds is 5. The lowest BCUT2D eigenvalue weighted by atomic mass is 10.3. The number of nitrogens with zero attached hydrogens (tertiary/aromatic N) is 3. The smallest absolute Gasteiger partial charge is 0.303 e. The summed E-state index contributed by atoms with van der Waals surface area (Å²) in [4.78, 5) is 34.6. The first-order valence-corrected chi connectivity index (χ1v) is 7.27. The summed E-state index contributed by atoms with van der Waals surface area (Å²) >= 11 is 0. The van der Waals surface area contributed by atoms with E-state index in [9.17, 15) is 9.59 Å². The third-order valence-corrected chi connectivity index (χ3v) is 2.67. The van der Waals surface area contributed by atoms with Gasteiger partial charge in [-0.3, -0.25) is 25.4 Å². The van der Waals surface area contributed by atoms with Gasteiger partial charge in [-0.25, -0.2) is 9.98 Å². The number of amides is 1. The van der Waals surface area contributed by atoms with E-state index in [0.717, 1.165) is 7.11 Å². The highest BCUT2D eigenvalue weighted by molar-refractivity contribution is 5.99. The molecule has 0 aliphatic heterocycles. The van der Waals surface area contributed by atoms with Crippen LogP contribution in [-0.2, 0) is 9.59 Å². The summed E-state index contributed by atoms with van der Waals surface area (Å²) < 4.78 is 0. The fourth-order valence-corrected chi connectivity index (χ4v) is 1.60. The molecule has 0 atom stereocenters. The van der Waals surface area contributed by atoms with Crippen molar-refractivity contribution in [1.82, 2.24) is 20.8 Å². The van der Waals surface area contributed by atoms with Gasteiger partial charge in [0.25, 0.3) is 0 Å². The molecule has 0 aliphatic rings. The summed E-state index contributed by atoms with van der Waals surface area (Å²) in [6, 6.07) is 10.5. The molecule has 2 aromatic heterocycles. The number of hydrogen-bond donors (Lipinski definition) is 4. The second kappa shape index (κ2) is 11.2. The Morgan fingerprint density at radius 3 is 2.24 bits per heavy atom. The molecule has 2 heterocycles. The molecule has 4 N–H and O–H groups in total. The number of amidine groups is 1. The third kappa shape index (κ3) is 7.66. The van der Waals surface area contributed by atoms with Crippen molar-refractivity contribution in [1.29, 1.82) is 0 Å². The summed E-state index contributed by atoms with van der Waals surface area (Å²) in [5, 5.41) is 15.6. The van der Waals surface area contributed by atoms with Crippen LogP contribution in [0.15, 0.2) is 53.8 Å². The standard InChI is InChI=1S/C15H15N5O3.CH4O/c21-13(7-8-14(22)23)19-20-15(11-5-1-3-9-16-11)18-12-6-2-4-10-17-12;1-2/h1-6,9-10H,7-8H2,(H,19,21)(H,22,23)(H,17,18,20);2H,1H3. The Kier molecular flexibility index (Phi) is 8.87. The van der Waals surface area contributed by atoms with E-state index in [2.05, 4.69) is 25.8 Å². The topological polar surface area (TPSA) is 137 Å². The molecule has 0 spiro atoms. The normalized spacial score (nSPS) is 10.2. The van der Waals surface area contributed by atoms with E-state index in [4.69, 9.17) is 10.2 Å². The monoisotopic (exact) mass is 345 g/mol. The Hall–Kier alpha value is -3.33. The Bertz CT molecular complexity index is 692. The lowest BCUT2D eigenvalue weighted by Gasteiger charge is -2.10. The van der Waals surface area contributed by atoms with E-state index >= 15 is 0 Å². The maximum atomic E-state index is 11.6. The summed E-state index contributed by atoms with van der Waals surface area (Å²) in [7, 11) is 1.00. The molecule has 0 aliphatic carbocycles. The van der Waals surface area contributed by atoms with Gasteiger partial charge in [0.05, 0.1) is 6.42 Å². The van der Waals surface area contributed by atoms with Crippen LogP contribution in [0.25, 0.3) is 0 Å². The summed E-state index contributed by atoms with van der Waals surface area (Å²) in [6.07, 6.45) is 2.81. The van der Waals surface area contributed by atoms with Crippen molar-refractivity contribution in [3.8, 4) is 0 Å². The number of aromatic nitrogens is 2. The number of aliphatic hydroxyl groups excluding tert-OH is 1. The largest absolute Gasteiger partial charge is 0.481 e. The van der Waals surface area contributed by atoms with Crippen molar-refractivity contribution in [2.75, 3.05) is 7.11 Å². The summed E-state index contributed by atoms with van der Waals surface area (Å²) in [5.74, 6) is -0.752. The average Bonchev–Trinajstić information content (AvgIpc) is 2.66. The van der Waals surface area contributed by atoms with Crippen LogP contribution in [0.4, 0.5) is 5.82 Å². The van der Waals surface area contributed by atoms with E-state index < -0.39 is 11.9 Å². The molecule has 2 rings (SSSR count). The molecule has 9 nitrogen and oxygen atoms in total. The fourth-order valence-electron chi connectivity index (χ4n) is 1.60. The SMILES string of the molecule is CO.O=C(O)CCC(=O)NN/C(=N\c1ccccn1)c1ccccn1. The molecular weight excluding hydrogens is 326 g/mol. The maximum Gasteiger partial charge on any atom is 0.303 e. The maximum absolute atomic E-state index is 11.6. The van der Waals surface area contributed by atoms with E-state index in [-0.39, 0.29) is 12.8 Å². The molecule has 25 heavy (non-hydrogen) atoms. The predicted octanol–water partition coefficient (Wildman–Crippen LogP) is 0.649. The van der Waals surface area contributed by atoms with Gasteiger partial charge < -0.3 is 10.2 Å². The molecule has 9 heteroatoms. The number of carboxylic acid groups (broad SMARTS) is 1. The van der Waals surface area contributed by atoms with Crippen molar-refractivity contribution in [3.63, 3.8) is 0 Å². The number of hydrogen-bond acceptors (Lipinski definition) is 6. The third-order valence-electron chi connectivity index (χ3n) is 2.67. The quantitative estimate of drug-likeness (QED) is 0.355. The molecule has 2 aromatic rings. The molecular formula is C16H19N5O4. The van der Waals surface area contributed by atoms with Gasteiger partial charge in [0, 0.05) is 25.9 Å². The molecule has 1 amide bonds. The Morgan fingerprint density at radius 1 is 1.00 bits per heavy atom. The van der Waals surface area contributed by atoms with Gasteiger partial charge in [-0.05, 0) is 24.3 Å². The van der Waals surface area contributed by atoms with Gasteiger partial charge in [-0.1, -0.05) is 12.1 Å². The van der Waals surface area contributed by atoms with Gasteiger partial charge in [-0.2, -0.15) is 0 Å². The van der Waals surface area contributed by atoms with E-state index in [1.165, 1.54) is 0 Å². The zero-order chi connectivity index (χ0) is 18.5. The first-order chi connectivity index (χ1) is 12.1. The van der Waals surface area contributed by atoms with Gasteiger partial charge in [-0.15, -0.1) is 0 Å². The van der Waals surface area contributed by atoms with Crippen molar-refractivity contribution >= 4 is 23.5 Å². The minimum atomic E-state index is -1.03. The van der Waals surface area contributed by atoms with Crippen LogP contribution in [0.5, 0.6) is 0 Å². The van der Waals surface area contributed by atoms with Gasteiger partial charge >= 0.3 is 5.97 Å². The average molecular weight is 345 g/mol. The molecule has 0 aromatic carbocycles. The Balaban J connectivity index is 0.00000151. The van der Waals surface area contributed by atoms with Gasteiger partial charge in [0.15, 0.2) is 11.7 Å². The molecule has 132 valence electrons. The molecule has 0 bridgehead atoms. The Morgan fingerprint density at radius 2 is 1.68 bits per heavy atom.